The van der Waals surface area contributed by atoms with Gasteiger partial charge in [0.1, 0.15) is 5.52 Å². The Morgan fingerprint density at radius 3 is 2.93 bits per heavy atom. The van der Waals surface area contributed by atoms with Crippen molar-refractivity contribution in [3.8, 4) is 0 Å². The molecule has 1 heterocycles. The minimum atomic E-state index is 0.429. The first-order valence-electron chi connectivity index (χ1n) is 4.24. The quantitative estimate of drug-likeness (QED) is 0.531. The van der Waals surface area contributed by atoms with E-state index in [1.807, 2.05) is 37.4 Å². The smallest absolute Gasteiger partial charge is 0.323 e. The number of hydrogen-bond donors (Lipinski definition) is 0. The SMILES string of the molecule is CSC(C)=Nc1nc2ccccc2o1. The van der Waals surface area contributed by atoms with Crippen LogP contribution in [0.2, 0.25) is 0 Å². The summed E-state index contributed by atoms with van der Waals surface area (Å²) >= 11 is 1.58. The van der Waals surface area contributed by atoms with E-state index in [-0.39, 0.29) is 0 Å². The van der Waals surface area contributed by atoms with Crippen molar-refractivity contribution in [1.29, 1.82) is 0 Å². The van der Waals surface area contributed by atoms with Crippen molar-refractivity contribution >= 4 is 33.9 Å². The summed E-state index contributed by atoms with van der Waals surface area (Å²) < 4.78 is 5.43. The van der Waals surface area contributed by atoms with Crippen LogP contribution in [0.25, 0.3) is 11.1 Å². The zero-order valence-electron chi connectivity index (χ0n) is 8.02. The summed E-state index contributed by atoms with van der Waals surface area (Å²) in [5.74, 6) is 0. The van der Waals surface area contributed by atoms with Crippen molar-refractivity contribution in [1.82, 2.24) is 4.98 Å². The second kappa shape index (κ2) is 3.84. The lowest BCUT2D eigenvalue weighted by molar-refractivity contribution is 0.614. The molecule has 2 aromatic rings. The number of aliphatic imine (C=N–C) groups is 1. The third-order valence-electron chi connectivity index (χ3n) is 1.83. The van der Waals surface area contributed by atoms with Gasteiger partial charge >= 0.3 is 6.01 Å². The Balaban J connectivity index is 2.45. The number of rotatable bonds is 1. The van der Waals surface area contributed by atoms with Crippen LogP contribution in [-0.4, -0.2) is 16.3 Å². The van der Waals surface area contributed by atoms with Gasteiger partial charge in [-0.2, -0.15) is 9.98 Å². The van der Waals surface area contributed by atoms with Gasteiger partial charge in [0.15, 0.2) is 5.58 Å². The summed E-state index contributed by atoms with van der Waals surface area (Å²) in [7, 11) is 0. The molecule has 0 saturated heterocycles. The highest BCUT2D eigenvalue weighted by Crippen LogP contribution is 2.21. The number of oxazole rings is 1. The molecule has 14 heavy (non-hydrogen) atoms. The van der Waals surface area contributed by atoms with Crippen LogP contribution in [0.5, 0.6) is 0 Å². The number of fused-ring (bicyclic) bond motifs is 1. The summed E-state index contributed by atoms with van der Waals surface area (Å²) in [6.45, 7) is 1.93. The first kappa shape index (κ1) is 9.27. The first-order valence-corrected chi connectivity index (χ1v) is 5.47. The highest BCUT2D eigenvalue weighted by Gasteiger charge is 2.02. The molecule has 3 nitrogen and oxygen atoms in total. The van der Waals surface area contributed by atoms with Gasteiger partial charge in [-0.05, 0) is 25.3 Å². The van der Waals surface area contributed by atoms with E-state index in [2.05, 4.69) is 9.98 Å². The molecule has 4 heteroatoms. The largest absolute Gasteiger partial charge is 0.422 e. The summed E-state index contributed by atoms with van der Waals surface area (Å²) in [6.07, 6.45) is 1.97. The molecule has 0 amide bonds. The summed E-state index contributed by atoms with van der Waals surface area (Å²) in [6, 6.07) is 8.07. The Kier molecular flexibility index (Phi) is 2.54. The number of benzene rings is 1. The molecule has 0 N–H and O–H groups in total. The van der Waals surface area contributed by atoms with Gasteiger partial charge in [-0.25, -0.2) is 0 Å². The fourth-order valence-corrected chi connectivity index (χ4v) is 1.26. The van der Waals surface area contributed by atoms with Gasteiger partial charge in [-0.15, -0.1) is 11.8 Å². The molecule has 0 aliphatic rings. The molecule has 2 rings (SSSR count). The molecule has 0 spiro atoms. The Hall–Kier alpha value is -1.29. The van der Waals surface area contributed by atoms with Crippen LogP contribution in [0.15, 0.2) is 33.7 Å². The Morgan fingerprint density at radius 1 is 1.43 bits per heavy atom. The van der Waals surface area contributed by atoms with Gasteiger partial charge < -0.3 is 4.42 Å². The molecule has 0 aliphatic carbocycles. The Morgan fingerprint density at radius 2 is 2.21 bits per heavy atom. The molecule has 0 saturated carbocycles. The number of para-hydroxylation sites is 2. The van der Waals surface area contributed by atoms with Crippen LogP contribution in [0.3, 0.4) is 0 Å². The lowest BCUT2D eigenvalue weighted by Crippen LogP contribution is -1.78. The predicted octanol–water partition coefficient (Wildman–Crippen LogP) is 3.24. The van der Waals surface area contributed by atoms with Crippen LogP contribution in [0.4, 0.5) is 6.01 Å². The van der Waals surface area contributed by atoms with Gasteiger partial charge in [-0.1, -0.05) is 12.1 Å². The zero-order valence-corrected chi connectivity index (χ0v) is 8.84. The topological polar surface area (TPSA) is 38.4 Å². The van der Waals surface area contributed by atoms with Crippen LogP contribution in [0, 0.1) is 0 Å². The maximum Gasteiger partial charge on any atom is 0.323 e. The third kappa shape index (κ3) is 1.80. The molecular formula is C10H10N2OS. The van der Waals surface area contributed by atoms with Gasteiger partial charge in [0, 0.05) is 0 Å². The number of thioether (sulfide) groups is 1. The van der Waals surface area contributed by atoms with Crippen molar-refractivity contribution in [2.75, 3.05) is 6.26 Å². The number of hydrogen-bond acceptors (Lipinski definition) is 4. The van der Waals surface area contributed by atoms with Gasteiger partial charge in [0.2, 0.25) is 0 Å². The van der Waals surface area contributed by atoms with Gasteiger partial charge in [0.05, 0.1) is 5.04 Å². The monoisotopic (exact) mass is 206 g/mol. The maximum atomic E-state index is 5.43. The minimum absolute atomic E-state index is 0.429. The van der Waals surface area contributed by atoms with E-state index in [4.69, 9.17) is 4.42 Å². The van der Waals surface area contributed by atoms with Crippen LogP contribution >= 0.6 is 11.8 Å². The van der Waals surface area contributed by atoms with E-state index >= 15 is 0 Å². The van der Waals surface area contributed by atoms with Crippen molar-refractivity contribution < 1.29 is 4.42 Å². The minimum Gasteiger partial charge on any atom is -0.422 e. The van der Waals surface area contributed by atoms with Crippen molar-refractivity contribution in [2.24, 2.45) is 4.99 Å². The van der Waals surface area contributed by atoms with E-state index in [1.165, 1.54) is 0 Å². The number of nitrogens with zero attached hydrogens (tertiary/aromatic N) is 2. The van der Waals surface area contributed by atoms with E-state index in [9.17, 15) is 0 Å². The average molecular weight is 206 g/mol. The van der Waals surface area contributed by atoms with E-state index < -0.39 is 0 Å². The van der Waals surface area contributed by atoms with Crippen molar-refractivity contribution in [2.45, 2.75) is 6.92 Å². The van der Waals surface area contributed by atoms with Crippen molar-refractivity contribution in [3.05, 3.63) is 24.3 Å². The molecule has 0 atom stereocenters. The standard InChI is InChI=1S/C10H10N2OS/c1-7(14-2)11-10-12-8-5-3-4-6-9(8)13-10/h3-6H,1-2H3. The molecule has 0 unspecified atom stereocenters. The lowest BCUT2D eigenvalue weighted by Gasteiger charge is -1.88. The molecule has 0 fully saturated rings. The van der Waals surface area contributed by atoms with Crippen LogP contribution < -0.4 is 0 Å². The van der Waals surface area contributed by atoms with Crippen LogP contribution in [0.1, 0.15) is 6.92 Å². The molecule has 1 aromatic heterocycles. The summed E-state index contributed by atoms with van der Waals surface area (Å²) in [5.41, 5.74) is 1.63. The Bertz CT molecular complexity index is 443. The fraction of sp³-hybridized carbons (Fsp3) is 0.200. The summed E-state index contributed by atoms with van der Waals surface area (Å²) in [5, 5.41) is 0.941. The normalized spacial score (nSPS) is 12.3. The van der Waals surface area contributed by atoms with Crippen LogP contribution in [-0.2, 0) is 0 Å². The zero-order chi connectivity index (χ0) is 9.97. The fourth-order valence-electron chi connectivity index (χ4n) is 1.09. The second-order valence-corrected chi connectivity index (χ2v) is 3.80. The molecule has 72 valence electrons. The van der Waals surface area contributed by atoms with Crippen molar-refractivity contribution in [3.63, 3.8) is 0 Å². The highest BCUT2D eigenvalue weighted by molar-refractivity contribution is 8.13. The lowest BCUT2D eigenvalue weighted by atomic mass is 10.3. The van der Waals surface area contributed by atoms with Gasteiger partial charge in [-0.3, -0.25) is 0 Å². The van der Waals surface area contributed by atoms with Gasteiger partial charge in [0.25, 0.3) is 0 Å². The third-order valence-corrected chi connectivity index (χ3v) is 2.51. The maximum absolute atomic E-state index is 5.43. The summed E-state index contributed by atoms with van der Waals surface area (Å²) in [4.78, 5) is 8.45. The predicted molar refractivity (Wildman–Crippen MR) is 60.3 cm³/mol. The molecule has 1 aromatic carbocycles. The first-order chi connectivity index (χ1) is 6.79. The van der Waals surface area contributed by atoms with E-state index in [1.54, 1.807) is 11.8 Å². The molecule has 0 radical (unpaired) electrons. The second-order valence-electron chi connectivity index (χ2n) is 2.80. The average Bonchev–Trinajstić information content (AvgIpc) is 2.59. The molecule has 0 aliphatic heterocycles. The number of aromatic nitrogens is 1. The molecule has 0 bridgehead atoms. The highest BCUT2D eigenvalue weighted by atomic mass is 32.2. The Labute approximate surface area is 86.2 Å². The molecular weight excluding hydrogens is 196 g/mol. The van der Waals surface area contributed by atoms with E-state index in [0.717, 1.165) is 16.1 Å². The van der Waals surface area contributed by atoms with E-state index in [0.29, 0.717) is 6.01 Å².